The lowest BCUT2D eigenvalue weighted by Crippen LogP contribution is -2.22. The zero-order chi connectivity index (χ0) is 24.2. The first-order chi connectivity index (χ1) is 16.4. The van der Waals surface area contributed by atoms with E-state index in [1.807, 2.05) is 32.0 Å². The highest BCUT2D eigenvalue weighted by molar-refractivity contribution is 7.71. The molecule has 0 radical (unpaired) electrons. The molecule has 0 fully saturated rings. The van der Waals surface area contributed by atoms with Gasteiger partial charge in [-0.05, 0) is 73.6 Å². The third-order valence-corrected chi connectivity index (χ3v) is 5.81. The Morgan fingerprint density at radius 3 is 2.76 bits per heavy atom. The van der Waals surface area contributed by atoms with E-state index in [2.05, 4.69) is 15.3 Å². The van der Waals surface area contributed by atoms with Gasteiger partial charge in [-0.3, -0.25) is 14.2 Å². The molecule has 0 saturated carbocycles. The average molecular weight is 477 g/mol. The number of rotatable bonds is 7. The molecule has 0 saturated heterocycles. The van der Waals surface area contributed by atoms with E-state index in [9.17, 15) is 9.59 Å². The Hall–Kier alpha value is -3.82. The molecule has 0 aliphatic rings. The number of ether oxygens (including phenoxy) is 2. The molecule has 2 aromatic carbocycles. The van der Waals surface area contributed by atoms with Gasteiger partial charge in [0.25, 0.3) is 11.5 Å². The number of methoxy groups -OCH3 is 1. The summed E-state index contributed by atoms with van der Waals surface area (Å²) in [6.45, 7) is 4.64. The highest BCUT2D eigenvalue weighted by Crippen LogP contribution is 2.22. The summed E-state index contributed by atoms with van der Waals surface area (Å²) in [5.41, 5.74) is 3.78. The van der Waals surface area contributed by atoms with Crippen molar-refractivity contribution in [2.45, 2.75) is 13.8 Å². The number of pyridine rings is 1. The predicted molar refractivity (Wildman–Crippen MR) is 134 cm³/mol. The standard InChI is InChI=1S/C25H24N4O4S/c1-15-6-4-8-21(16(15)2)29-24(31)18-10-9-17(14-20(18)28-25(29)34)22(30)27-19-7-5-11-26-23(19)33-13-12-32-3/h4-11,14H,12-13H2,1-3H3,(H,27,30)(H,28,34). The zero-order valence-electron chi connectivity index (χ0n) is 19.0. The van der Waals surface area contributed by atoms with Crippen LogP contribution >= 0.6 is 12.2 Å². The van der Waals surface area contributed by atoms with Gasteiger partial charge in [-0.1, -0.05) is 12.1 Å². The normalized spacial score (nSPS) is 10.9. The van der Waals surface area contributed by atoms with Gasteiger partial charge in [-0.2, -0.15) is 0 Å². The van der Waals surface area contributed by atoms with E-state index >= 15 is 0 Å². The SMILES string of the molecule is COCCOc1ncccc1NC(=O)c1ccc2c(=O)n(-c3cccc(C)c3C)c(=S)[nH]c2c1. The third-order valence-electron chi connectivity index (χ3n) is 5.52. The second-order valence-corrected chi connectivity index (χ2v) is 8.09. The van der Waals surface area contributed by atoms with Gasteiger partial charge in [-0.15, -0.1) is 0 Å². The van der Waals surface area contributed by atoms with Crippen molar-refractivity contribution in [3.63, 3.8) is 0 Å². The van der Waals surface area contributed by atoms with E-state index in [0.29, 0.717) is 41.2 Å². The molecule has 0 unspecified atom stereocenters. The van der Waals surface area contributed by atoms with Crippen LogP contribution in [-0.4, -0.2) is 40.8 Å². The Morgan fingerprint density at radius 2 is 1.97 bits per heavy atom. The number of aromatic amines is 1. The summed E-state index contributed by atoms with van der Waals surface area (Å²) in [5, 5.41) is 3.23. The van der Waals surface area contributed by atoms with Gasteiger partial charge in [0.1, 0.15) is 12.3 Å². The first-order valence-corrected chi connectivity index (χ1v) is 11.1. The van der Waals surface area contributed by atoms with Crippen LogP contribution in [0.15, 0.2) is 59.5 Å². The van der Waals surface area contributed by atoms with Crippen molar-refractivity contribution in [2.24, 2.45) is 0 Å². The first kappa shape index (κ1) is 23.3. The van der Waals surface area contributed by atoms with Gasteiger partial charge in [-0.25, -0.2) is 4.98 Å². The zero-order valence-corrected chi connectivity index (χ0v) is 19.9. The Bertz CT molecular complexity index is 1490. The summed E-state index contributed by atoms with van der Waals surface area (Å²) in [4.78, 5) is 33.5. The molecule has 0 aliphatic carbocycles. The number of aromatic nitrogens is 3. The van der Waals surface area contributed by atoms with Gasteiger partial charge in [0.05, 0.1) is 23.2 Å². The van der Waals surface area contributed by atoms with Crippen molar-refractivity contribution in [3.05, 3.63) is 86.5 Å². The van der Waals surface area contributed by atoms with Crippen LogP contribution in [0.25, 0.3) is 16.6 Å². The van der Waals surface area contributed by atoms with Crippen molar-refractivity contribution in [1.82, 2.24) is 14.5 Å². The maximum atomic E-state index is 13.3. The molecule has 8 nitrogen and oxygen atoms in total. The minimum absolute atomic E-state index is 0.250. The highest BCUT2D eigenvalue weighted by atomic mass is 32.1. The number of nitrogens with one attached hydrogen (secondary N) is 2. The molecular formula is C25H24N4O4S. The molecule has 0 atom stereocenters. The van der Waals surface area contributed by atoms with Crippen LogP contribution < -0.4 is 15.6 Å². The van der Waals surface area contributed by atoms with E-state index < -0.39 is 0 Å². The first-order valence-electron chi connectivity index (χ1n) is 10.6. The minimum Gasteiger partial charge on any atom is -0.474 e. The average Bonchev–Trinajstić information content (AvgIpc) is 2.82. The Labute approximate surface area is 201 Å². The fraction of sp³-hybridized carbons (Fsp3) is 0.200. The van der Waals surface area contributed by atoms with Gasteiger partial charge in [0, 0.05) is 18.9 Å². The number of carbonyl (C=O) groups is 1. The van der Waals surface area contributed by atoms with Gasteiger partial charge in [0.2, 0.25) is 5.88 Å². The lowest BCUT2D eigenvalue weighted by molar-refractivity contribution is 0.102. The number of H-pyrrole nitrogens is 1. The van der Waals surface area contributed by atoms with E-state index in [4.69, 9.17) is 21.7 Å². The lowest BCUT2D eigenvalue weighted by Gasteiger charge is -2.13. The number of fused-ring (bicyclic) bond motifs is 1. The summed E-state index contributed by atoms with van der Waals surface area (Å²) in [6, 6.07) is 14.0. The lowest BCUT2D eigenvalue weighted by atomic mass is 10.1. The van der Waals surface area contributed by atoms with E-state index in [-0.39, 0.29) is 16.2 Å². The van der Waals surface area contributed by atoms with E-state index in [0.717, 1.165) is 16.8 Å². The quantitative estimate of drug-likeness (QED) is 0.304. The Balaban J connectivity index is 1.68. The summed E-state index contributed by atoms with van der Waals surface area (Å²) >= 11 is 5.51. The molecule has 2 heterocycles. The Morgan fingerprint density at radius 1 is 1.15 bits per heavy atom. The second-order valence-electron chi connectivity index (χ2n) is 7.70. The third kappa shape index (κ3) is 4.61. The van der Waals surface area contributed by atoms with Crippen molar-refractivity contribution in [3.8, 4) is 11.6 Å². The van der Waals surface area contributed by atoms with Crippen molar-refractivity contribution < 1.29 is 14.3 Å². The maximum Gasteiger partial charge on any atom is 0.266 e. The molecule has 4 aromatic rings. The summed E-state index contributed by atoms with van der Waals surface area (Å²) in [5.74, 6) is -0.0750. The maximum absolute atomic E-state index is 13.3. The van der Waals surface area contributed by atoms with Gasteiger partial charge < -0.3 is 19.8 Å². The van der Waals surface area contributed by atoms with Crippen LogP contribution in [0.3, 0.4) is 0 Å². The van der Waals surface area contributed by atoms with E-state index in [1.54, 1.807) is 43.6 Å². The van der Waals surface area contributed by atoms with Crippen LogP contribution in [0.4, 0.5) is 5.69 Å². The Kier molecular flexibility index (Phi) is 6.85. The second kappa shape index (κ2) is 9.98. The molecule has 0 aliphatic heterocycles. The monoisotopic (exact) mass is 476 g/mol. The van der Waals surface area contributed by atoms with Crippen molar-refractivity contribution in [1.29, 1.82) is 0 Å². The number of benzene rings is 2. The van der Waals surface area contributed by atoms with Crippen LogP contribution in [0.2, 0.25) is 0 Å². The van der Waals surface area contributed by atoms with Gasteiger partial charge >= 0.3 is 0 Å². The summed E-state index contributed by atoms with van der Waals surface area (Å²) in [6.07, 6.45) is 1.58. The number of amides is 1. The fourth-order valence-electron chi connectivity index (χ4n) is 3.57. The smallest absolute Gasteiger partial charge is 0.266 e. The number of nitrogens with zero attached hydrogens (tertiary/aromatic N) is 2. The van der Waals surface area contributed by atoms with Crippen molar-refractivity contribution in [2.75, 3.05) is 25.6 Å². The molecular weight excluding hydrogens is 452 g/mol. The molecule has 2 N–H and O–H groups in total. The molecule has 9 heteroatoms. The molecule has 34 heavy (non-hydrogen) atoms. The number of hydrogen-bond donors (Lipinski definition) is 2. The van der Waals surface area contributed by atoms with Crippen LogP contribution in [-0.2, 0) is 4.74 Å². The van der Waals surface area contributed by atoms with E-state index in [1.165, 1.54) is 4.57 Å². The molecule has 2 aromatic heterocycles. The van der Waals surface area contributed by atoms with Crippen LogP contribution in [0, 0.1) is 18.6 Å². The summed E-state index contributed by atoms with van der Waals surface area (Å²) in [7, 11) is 1.58. The van der Waals surface area contributed by atoms with Crippen molar-refractivity contribution >= 4 is 34.7 Å². The molecule has 1 amide bonds. The topological polar surface area (TPSA) is 98.2 Å². The van der Waals surface area contributed by atoms with Crippen LogP contribution in [0.5, 0.6) is 5.88 Å². The van der Waals surface area contributed by atoms with Crippen LogP contribution in [0.1, 0.15) is 21.5 Å². The number of carbonyl (C=O) groups excluding carboxylic acids is 1. The largest absolute Gasteiger partial charge is 0.474 e. The highest BCUT2D eigenvalue weighted by Gasteiger charge is 2.15. The molecule has 0 spiro atoms. The molecule has 4 rings (SSSR count). The molecule has 174 valence electrons. The molecule has 0 bridgehead atoms. The van der Waals surface area contributed by atoms with Gasteiger partial charge in [0.15, 0.2) is 4.77 Å². The summed E-state index contributed by atoms with van der Waals surface area (Å²) < 4.78 is 12.3. The number of anilines is 1. The number of hydrogen-bond acceptors (Lipinski definition) is 6. The minimum atomic E-state index is -0.371. The predicted octanol–water partition coefficient (Wildman–Crippen LogP) is 4.34. The fourth-order valence-corrected chi connectivity index (χ4v) is 3.86. The number of aryl methyl sites for hydroxylation is 1.